The van der Waals surface area contributed by atoms with Crippen LogP contribution >= 0.6 is 0 Å². The molecule has 0 aliphatic carbocycles. The third-order valence-electron chi connectivity index (χ3n) is 14.2. The molecule has 1 aliphatic rings. The molecule has 1 saturated heterocycles. The predicted molar refractivity (Wildman–Crippen MR) is 272 cm³/mol. The Morgan fingerprint density at radius 2 is 0.769 bits per heavy atom. The van der Waals surface area contributed by atoms with E-state index in [-0.39, 0.29) is 12.5 Å². The summed E-state index contributed by atoms with van der Waals surface area (Å²) in [4.78, 5) is 13.0. The standard InChI is InChI=1S/C56H111NO8/c1-3-5-7-9-11-13-15-17-19-21-22-23-24-25-26-27-28-29-30-31-33-35-37-39-41-43-45-50(59)49(48-64-56-55(63)54(62)53(61)51(47-58)65-56)57-52(60)46-44-42-40-38-36-34-32-20-18-16-14-12-10-8-6-4-2/h49-51,53-56,58-59,61-63H,3-48H2,1-2H3,(H,57,60). The van der Waals surface area contributed by atoms with Gasteiger partial charge in [0.1, 0.15) is 24.4 Å². The van der Waals surface area contributed by atoms with E-state index in [9.17, 15) is 30.3 Å². The van der Waals surface area contributed by atoms with Gasteiger partial charge in [-0.05, 0) is 12.8 Å². The van der Waals surface area contributed by atoms with Gasteiger partial charge in [0.25, 0.3) is 0 Å². The molecule has 1 aliphatic heterocycles. The summed E-state index contributed by atoms with van der Waals surface area (Å²) in [5.74, 6) is -0.137. The topological polar surface area (TPSA) is 149 Å². The first-order valence-electron chi connectivity index (χ1n) is 28.7. The van der Waals surface area contributed by atoms with Crippen LogP contribution < -0.4 is 5.32 Å². The van der Waals surface area contributed by atoms with Crippen molar-refractivity contribution in [2.24, 2.45) is 0 Å². The number of hydrogen-bond acceptors (Lipinski definition) is 8. The number of ether oxygens (including phenoxy) is 2. The SMILES string of the molecule is CCCCCCCCCCCCCCCCCCCCCCCCCCCCC(O)C(COC1OC(CO)C(O)C(O)C1O)NC(=O)CCCCCCCCCCCCCCCCCC. The molecule has 0 aromatic carbocycles. The van der Waals surface area contributed by atoms with Crippen molar-refractivity contribution in [1.82, 2.24) is 5.32 Å². The van der Waals surface area contributed by atoms with Crippen molar-refractivity contribution in [1.29, 1.82) is 0 Å². The molecule has 9 nitrogen and oxygen atoms in total. The minimum absolute atomic E-state index is 0.131. The summed E-state index contributed by atoms with van der Waals surface area (Å²) >= 11 is 0. The number of amides is 1. The van der Waals surface area contributed by atoms with Crippen LogP contribution in [0.4, 0.5) is 0 Å². The predicted octanol–water partition coefficient (Wildman–Crippen LogP) is 13.9. The van der Waals surface area contributed by atoms with E-state index in [4.69, 9.17) is 9.47 Å². The van der Waals surface area contributed by atoms with Gasteiger partial charge in [0.15, 0.2) is 6.29 Å². The number of nitrogens with one attached hydrogen (secondary N) is 1. The number of aliphatic hydroxyl groups excluding tert-OH is 5. The molecule has 0 bridgehead atoms. The van der Waals surface area contributed by atoms with Gasteiger partial charge in [0.2, 0.25) is 5.91 Å². The highest BCUT2D eigenvalue weighted by Gasteiger charge is 2.44. The number of carbonyl (C=O) groups excluding carboxylic acids is 1. The van der Waals surface area contributed by atoms with E-state index >= 15 is 0 Å². The van der Waals surface area contributed by atoms with Gasteiger partial charge in [0, 0.05) is 6.42 Å². The van der Waals surface area contributed by atoms with E-state index in [0.29, 0.717) is 12.8 Å². The molecule has 9 heteroatoms. The minimum atomic E-state index is -1.55. The van der Waals surface area contributed by atoms with Crippen LogP contribution in [-0.4, -0.2) is 87.5 Å². The molecule has 6 N–H and O–H groups in total. The average Bonchev–Trinajstić information content (AvgIpc) is 3.31. The quantitative estimate of drug-likeness (QED) is 0.0330. The van der Waals surface area contributed by atoms with Crippen LogP contribution in [0.15, 0.2) is 0 Å². The Morgan fingerprint density at radius 1 is 0.462 bits per heavy atom. The van der Waals surface area contributed by atoms with Crippen molar-refractivity contribution in [2.75, 3.05) is 13.2 Å². The molecule has 0 aromatic rings. The summed E-state index contributed by atoms with van der Waals surface area (Å²) in [7, 11) is 0. The van der Waals surface area contributed by atoms with Crippen LogP contribution in [0, 0.1) is 0 Å². The molecule has 1 amide bonds. The van der Waals surface area contributed by atoms with Crippen LogP contribution in [0.25, 0.3) is 0 Å². The van der Waals surface area contributed by atoms with Crippen LogP contribution in [0.1, 0.15) is 296 Å². The van der Waals surface area contributed by atoms with Crippen molar-refractivity contribution >= 4 is 5.91 Å². The molecule has 1 rings (SSSR count). The Kier molecular flexibility index (Phi) is 44.9. The number of carbonyl (C=O) groups is 1. The summed E-state index contributed by atoms with van der Waals surface area (Å²) in [6, 6.07) is -0.713. The molecule has 0 radical (unpaired) electrons. The maximum Gasteiger partial charge on any atom is 0.220 e. The van der Waals surface area contributed by atoms with E-state index in [1.165, 1.54) is 231 Å². The van der Waals surface area contributed by atoms with Gasteiger partial charge >= 0.3 is 0 Å². The van der Waals surface area contributed by atoms with Crippen LogP contribution in [0.3, 0.4) is 0 Å². The van der Waals surface area contributed by atoms with Gasteiger partial charge in [-0.25, -0.2) is 0 Å². The van der Waals surface area contributed by atoms with Crippen molar-refractivity contribution in [2.45, 2.75) is 339 Å². The molecule has 7 unspecified atom stereocenters. The van der Waals surface area contributed by atoms with Gasteiger partial charge in [0.05, 0.1) is 25.4 Å². The second-order valence-electron chi connectivity index (χ2n) is 20.5. The third-order valence-corrected chi connectivity index (χ3v) is 14.2. The lowest BCUT2D eigenvalue weighted by atomic mass is 9.99. The Bertz CT molecular complexity index is 986. The van der Waals surface area contributed by atoms with Crippen LogP contribution in [-0.2, 0) is 14.3 Å². The van der Waals surface area contributed by atoms with Crippen LogP contribution in [0.2, 0.25) is 0 Å². The summed E-state index contributed by atoms with van der Waals surface area (Å²) in [5.41, 5.74) is 0. The maximum absolute atomic E-state index is 13.0. The van der Waals surface area contributed by atoms with Gasteiger partial charge in [-0.15, -0.1) is 0 Å². The molecular weight excluding hydrogens is 815 g/mol. The van der Waals surface area contributed by atoms with Crippen molar-refractivity contribution < 1.29 is 39.8 Å². The van der Waals surface area contributed by atoms with Gasteiger partial charge in [-0.1, -0.05) is 277 Å². The highest BCUT2D eigenvalue weighted by atomic mass is 16.7. The molecule has 0 saturated carbocycles. The fourth-order valence-corrected chi connectivity index (χ4v) is 9.64. The summed E-state index contributed by atoms with van der Waals surface area (Å²) < 4.78 is 11.3. The number of unbranched alkanes of at least 4 members (excludes halogenated alkanes) is 40. The van der Waals surface area contributed by atoms with E-state index in [1.807, 2.05) is 0 Å². The highest BCUT2D eigenvalue weighted by molar-refractivity contribution is 5.76. The second kappa shape index (κ2) is 46.9. The highest BCUT2D eigenvalue weighted by Crippen LogP contribution is 2.23. The number of aliphatic hydroxyl groups is 5. The fraction of sp³-hybridized carbons (Fsp3) is 0.982. The van der Waals surface area contributed by atoms with Crippen molar-refractivity contribution in [3.8, 4) is 0 Å². The lowest BCUT2D eigenvalue weighted by Gasteiger charge is -2.40. The molecule has 388 valence electrons. The van der Waals surface area contributed by atoms with E-state index in [1.54, 1.807) is 0 Å². The zero-order valence-electron chi connectivity index (χ0n) is 43.0. The second-order valence-corrected chi connectivity index (χ2v) is 20.5. The molecule has 1 fully saturated rings. The summed E-state index contributed by atoms with van der Waals surface area (Å²) in [6.07, 6.45) is 48.5. The fourth-order valence-electron chi connectivity index (χ4n) is 9.64. The lowest BCUT2D eigenvalue weighted by molar-refractivity contribution is -0.302. The number of hydrogen-bond donors (Lipinski definition) is 6. The summed E-state index contributed by atoms with van der Waals surface area (Å²) in [6.45, 7) is 3.88. The zero-order chi connectivity index (χ0) is 47.3. The largest absolute Gasteiger partial charge is 0.394 e. The molecule has 0 spiro atoms. The van der Waals surface area contributed by atoms with Crippen molar-refractivity contribution in [3.05, 3.63) is 0 Å². The lowest BCUT2D eigenvalue weighted by Crippen LogP contribution is -2.60. The smallest absolute Gasteiger partial charge is 0.220 e. The van der Waals surface area contributed by atoms with E-state index in [2.05, 4.69) is 19.2 Å². The van der Waals surface area contributed by atoms with Gasteiger partial charge in [-0.2, -0.15) is 0 Å². The van der Waals surface area contributed by atoms with E-state index < -0.39 is 49.5 Å². The first-order valence-corrected chi connectivity index (χ1v) is 28.7. The molecular formula is C56H111NO8. The van der Waals surface area contributed by atoms with Gasteiger partial charge in [-0.3, -0.25) is 4.79 Å². The normalized spacial score (nSPS) is 19.8. The summed E-state index contributed by atoms with van der Waals surface area (Å²) in [5, 5.41) is 54.6. The zero-order valence-corrected chi connectivity index (χ0v) is 43.0. The van der Waals surface area contributed by atoms with Crippen molar-refractivity contribution in [3.63, 3.8) is 0 Å². The Morgan fingerprint density at radius 3 is 1.09 bits per heavy atom. The van der Waals surface area contributed by atoms with E-state index in [0.717, 1.165) is 38.5 Å². The molecule has 65 heavy (non-hydrogen) atoms. The Balaban J connectivity index is 2.17. The first-order chi connectivity index (χ1) is 31.8. The average molecular weight is 927 g/mol. The number of rotatable bonds is 50. The Labute approximate surface area is 402 Å². The van der Waals surface area contributed by atoms with Crippen LogP contribution in [0.5, 0.6) is 0 Å². The third kappa shape index (κ3) is 36.8. The molecule has 7 atom stereocenters. The first kappa shape index (κ1) is 62.2. The minimum Gasteiger partial charge on any atom is -0.394 e. The maximum atomic E-state index is 13.0. The molecule has 0 aromatic heterocycles. The monoisotopic (exact) mass is 926 g/mol. The molecule has 1 heterocycles. The van der Waals surface area contributed by atoms with Gasteiger partial charge < -0.3 is 40.3 Å². The Hall–Kier alpha value is -0.810.